The fourth-order valence-corrected chi connectivity index (χ4v) is 4.10. The zero-order valence-corrected chi connectivity index (χ0v) is 15.5. The first-order valence-corrected chi connectivity index (χ1v) is 9.94. The van der Waals surface area contributed by atoms with Crippen molar-refractivity contribution in [2.75, 3.05) is 63.9 Å². The van der Waals surface area contributed by atoms with E-state index in [9.17, 15) is 4.79 Å². The van der Waals surface area contributed by atoms with Crippen LogP contribution in [0.5, 0.6) is 0 Å². The van der Waals surface area contributed by atoms with Crippen molar-refractivity contribution < 1.29 is 9.53 Å². The van der Waals surface area contributed by atoms with Gasteiger partial charge in [0.2, 0.25) is 5.91 Å². The molecule has 1 aromatic heterocycles. The Morgan fingerprint density at radius 1 is 1.08 bits per heavy atom. The number of piperazine rings is 1. The van der Waals surface area contributed by atoms with E-state index in [-0.39, 0.29) is 0 Å². The number of carbonyl (C=O) groups excluding carboxylic acids is 1. The van der Waals surface area contributed by atoms with E-state index >= 15 is 0 Å². The Hall–Kier alpha value is -1.73. The van der Waals surface area contributed by atoms with Crippen LogP contribution in [0.1, 0.15) is 37.3 Å². The molecule has 3 fully saturated rings. The smallest absolute Gasteiger partial charge is 0.236 e. The van der Waals surface area contributed by atoms with Crippen molar-refractivity contribution in [2.24, 2.45) is 0 Å². The van der Waals surface area contributed by atoms with Gasteiger partial charge in [0.1, 0.15) is 12.1 Å². The number of anilines is 1. The van der Waals surface area contributed by atoms with Crippen molar-refractivity contribution in [1.29, 1.82) is 0 Å². The number of amides is 1. The maximum Gasteiger partial charge on any atom is 0.236 e. The molecular weight excluding hydrogens is 330 g/mol. The molecule has 0 spiro atoms. The van der Waals surface area contributed by atoms with Crippen molar-refractivity contribution >= 4 is 11.7 Å². The van der Waals surface area contributed by atoms with Gasteiger partial charge >= 0.3 is 0 Å². The second kappa shape index (κ2) is 8.31. The Bertz CT molecular complexity index is 606. The molecule has 3 saturated heterocycles. The van der Waals surface area contributed by atoms with Crippen LogP contribution in [0.25, 0.3) is 0 Å². The highest BCUT2D eigenvalue weighted by Gasteiger charge is 2.25. The van der Waals surface area contributed by atoms with Gasteiger partial charge in [-0.25, -0.2) is 9.97 Å². The number of rotatable bonds is 4. The van der Waals surface area contributed by atoms with Gasteiger partial charge in [-0.1, -0.05) is 0 Å². The Morgan fingerprint density at radius 3 is 2.62 bits per heavy atom. The predicted octanol–water partition coefficient (Wildman–Crippen LogP) is 1.11. The van der Waals surface area contributed by atoms with E-state index in [1.165, 1.54) is 6.42 Å². The molecule has 0 aromatic carbocycles. The summed E-state index contributed by atoms with van der Waals surface area (Å²) in [6, 6.07) is 2.12. The summed E-state index contributed by atoms with van der Waals surface area (Å²) in [5, 5.41) is 0. The summed E-state index contributed by atoms with van der Waals surface area (Å²) >= 11 is 0. The fourth-order valence-electron chi connectivity index (χ4n) is 4.10. The molecule has 142 valence electrons. The molecule has 7 nitrogen and oxygen atoms in total. The molecule has 7 heteroatoms. The number of nitrogens with zero attached hydrogens (tertiary/aromatic N) is 5. The molecule has 0 unspecified atom stereocenters. The summed E-state index contributed by atoms with van der Waals surface area (Å²) in [5.74, 6) is 1.70. The molecule has 1 atom stereocenters. The maximum atomic E-state index is 12.4. The molecule has 4 heterocycles. The van der Waals surface area contributed by atoms with Crippen molar-refractivity contribution in [3.05, 3.63) is 18.1 Å². The van der Waals surface area contributed by atoms with Crippen LogP contribution >= 0.6 is 0 Å². The van der Waals surface area contributed by atoms with Crippen LogP contribution < -0.4 is 4.90 Å². The van der Waals surface area contributed by atoms with Gasteiger partial charge in [-0.2, -0.15) is 0 Å². The second-order valence-corrected chi connectivity index (χ2v) is 7.57. The van der Waals surface area contributed by atoms with Crippen LogP contribution in [0.2, 0.25) is 0 Å². The number of hydrogen-bond donors (Lipinski definition) is 0. The van der Waals surface area contributed by atoms with Gasteiger partial charge in [0, 0.05) is 57.9 Å². The molecule has 0 bridgehead atoms. The molecule has 3 aliphatic heterocycles. The molecular formula is C19H29N5O2. The molecule has 1 amide bonds. The summed E-state index contributed by atoms with van der Waals surface area (Å²) in [5.41, 5.74) is 1.09. The van der Waals surface area contributed by atoms with E-state index in [4.69, 9.17) is 4.74 Å². The van der Waals surface area contributed by atoms with Gasteiger partial charge < -0.3 is 14.5 Å². The molecule has 0 radical (unpaired) electrons. The minimum atomic E-state index is 0.295. The van der Waals surface area contributed by atoms with Crippen molar-refractivity contribution in [1.82, 2.24) is 19.8 Å². The lowest BCUT2D eigenvalue weighted by atomic mass is 10.0. The first-order chi connectivity index (χ1) is 12.8. The van der Waals surface area contributed by atoms with Gasteiger partial charge in [0.05, 0.1) is 18.8 Å². The standard InChI is InChI=1S/C19H29N5O2/c25-19(24-5-2-1-3-6-24)13-22-7-9-23(10-8-22)18-12-17(20-15-21-18)16-4-11-26-14-16/h12,15-16H,1-11,13-14H2/t16-/m0/s1. The molecule has 3 aliphatic rings. The van der Waals surface area contributed by atoms with Gasteiger partial charge in [-0.3, -0.25) is 9.69 Å². The van der Waals surface area contributed by atoms with Crippen LogP contribution in [0, 0.1) is 0 Å². The Morgan fingerprint density at radius 2 is 1.88 bits per heavy atom. The number of piperidine rings is 1. The SMILES string of the molecule is O=C(CN1CCN(c2cc([C@H]3CCOC3)ncn2)CC1)N1CCCCC1. The molecule has 1 aromatic rings. The monoisotopic (exact) mass is 359 g/mol. The maximum absolute atomic E-state index is 12.4. The quantitative estimate of drug-likeness (QED) is 0.803. The van der Waals surface area contributed by atoms with Crippen molar-refractivity contribution in [2.45, 2.75) is 31.6 Å². The third kappa shape index (κ3) is 4.15. The van der Waals surface area contributed by atoms with Gasteiger partial charge in [0.15, 0.2) is 0 Å². The summed E-state index contributed by atoms with van der Waals surface area (Å²) < 4.78 is 5.48. The zero-order chi connectivity index (χ0) is 17.8. The highest BCUT2D eigenvalue weighted by molar-refractivity contribution is 5.78. The third-order valence-electron chi connectivity index (χ3n) is 5.79. The van der Waals surface area contributed by atoms with Gasteiger partial charge in [-0.15, -0.1) is 0 Å². The number of aromatic nitrogens is 2. The van der Waals surface area contributed by atoms with E-state index in [2.05, 4.69) is 25.8 Å². The summed E-state index contributed by atoms with van der Waals surface area (Å²) in [6.45, 7) is 7.66. The molecule has 26 heavy (non-hydrogen) atoms. The number of hydrogen-bond acceptors (Lipinski definition) is 6. The molecule has 0 N–H and O–H groups in total. The highest BCUT2D eigenvalue weighted by Crippen LogP contribution is 2.25. The number of likely N-dealkylation sites (tertiary alicyclic amines) is 1. The fraction of sp³-hybridized carbons (Fsp3) is 0.737. The first-order valence-electron chi connectivity index (χ1n) is 9.94. The minimum absolute atomic E-state index is 0.295. The van der Waals surface area contributed by atoms with Crippen LogP contribution in [0.15, 0.2) is 12.4 Å². The summed E-state index contributed by atoms with van der Waals surface area (Å²) in [4.78, 5) is 28.0. The van der Waals surface area contributed by atoms with Crippen LogP contribution in [-0.4, -0.2) is 84.7 Å². The number of ether oxygens (including phenoxy) is 1. The van der Waals surface area contributed by atoms with E-state index in [1.54, 1.807) is 6.33 Å². The largest absolute Gasteiger partial charge is 0.381 e. The Balaban J connectivity index is 1.29. The Labute approximate surface area is 155 Å². The lowest BCUT2D eigenvalue weighted by molar-refractivity contribution is -0.133. The second-order valence-electron chi connectivity index (χ2n) is 7.57. The molecule has 4 rings (SSSR count). The van der Waals surface area contributed by atoms with Crippen LogP contribution in [-0.2, 0) is 9.53 Å². The third-order valence-corrected chi connectivity index (χ3v) is 5.79. The lowest BCUT2D eigenvalue weighted by Crippen LogP contribution is -2.51. The highest BCUT2D eigenvalue weighted by atomic mass is 16.5. The molecule has 0 aliphatic carbocycles. The van der Waals surface area contributed by atoms with E-state index in [0.29, 0.717) is 18.4 Å². The lowest BCUT2D eigenvalue weighted by Gasteiger charge is -2.36. The topological polar surface area (TPSA) is 61.8 Å². The van der Waals surface area contributed by atoms with Crippen molar-refractivity contribution in [3.8, 4) is 0 Å². The Kier molecular flexibility index (Phi) is 5.65. The number of carbonyl (C=O) groups is 1. The predicted molar refractivity (Wildman–Crippen MR) is 99.3 cm³/mol. The first kappa shape index (κ1) is 17.7. The van der Waals surface area contributed by atoms with Crippen LogP contribution in [0.3, 0.4) is 0 Å². The van der Waals surface area contributed by atoms with Gasteiger partial charge in [0.25, 0.3) is 0 Å². The van der Waals surface area contributed by atoms with E-state index < -0.39 is 0 Å². The normalized spacial score (nSPS) is 24.8. The summed E-state index contributed by atoms with van der Waals surface area (Å²) in [7, 11) is 0. The van der Waals surface area contributed by atoms with Crippen molar-refractivity contribution in [3.63, 3.8) is 0 Å². The minimum Gasteiger partial charge on any atom is -0.381 e. The van der Waals surface area contributed by atoms with Gasteiger partial charge in [-0.05, 0) is 25.7 Å². The summed E-state index contributed by atoms with van der Waals surface area (Å²) in [6.07, 6.45) is 6.29. The average molecular weight is 359 g/mol. The van der Waals surface area contributed by atoms with Crippen LogP contribution in [0.4, 0.5) is 5.82 Å². The van der Waals surface area contributed by atoms with E-state index in [0.717, 1.165) is 83.3 Å². The zero-order valence-electron chi connectivity index (χ0n) is 15.5. The van der Waals surface area contributed by atoms with E-state index in [1.807, 2.05) is 4.90 Å². The molecule has 0 saturated carbocycles. The average Bonchev–Trinajstić information content (AvgIpc) is 3.24.